The quantitative estimate of drug-likeness (QED) is 0.673. The Hall–Kier alpha value is -0.232. The Morgan fingerprint density at radius 2 is 1.80 bits per heavy atom. The van der Waals surface area contributed by atoms with Crippen molar-refractivity contribution in [2.75, 3.05) is 0 Å². The fourth-order valence-electron chi connectivity index (χ4n) is 0.605. The summed E-state index contributed by atoms with van der Waals surface area (Å²) in [5.74, 6) is 0. The van der Waals surface area contributed by atoms with Crippen LogP contribution in [0.4, 0.5) is 0 Å². The van der Waals surface area contributed by atoms with Crippen LogP contribution < -0.4 is 0 Å². The topological polar surface area (TPSA) is 25.8 Å². The molecule has 0 radical (unpaired) electrons. The molecule has 0 saturated heterocycles. The normalized spacial score (nSPS) is 8.70. The summed E-state index contributed by atoms with van der Waals surface area (Å²) < 4.78 is 0. The molecule has 0 aliphatic carbocycles. The van der Waals surface area contributed by atoms with Crippen LogP contribution in [0.3, 0.4) is 0 Å². The number of aryl methyl sites for hydroxylation is 2. The Labute approximate surface area is 75.3 Å². The maximum Gasteiger partial charge on any atom is 0 e. The van der Waals surface area contributed by atoms with E-state index in [2.05, 4.69) is 16.4 Å². The third-order valence-corrected chi connectivity index (χ3v) is 1.52. The summed E-state index contributed by atoms with van der Waals surface area (Å²) in [6, 6.07) is 0. The molecule has 2 nitrogen and oxygen atoms in total. The van der Waals surface area contributed by atoms with Crippen LogP contribution in [0.2, 0.25) is 0 Å². The number of nitrogens with zero attached hydrogens (tertiary/aromatic N) is 2. The first kappa shape index (κ1) is 9.77. The van der Waals surface area contributed by atoms with Crippen LogP contribution in [0.15, 0.2) is 0 Å². The second-order valence-electron chi connectivity index (χ2n) is 2.15. The molecule has 1 heterocycles. The largest absolute Gasteiger partial charge is 0.267 e. The van der Waals surface area contributed by atoms with Crippen molar-refractivity contribution in [2.24, 2.45) is 0 Å². The minimum Gasteiger partial charge on any atom is -0.267 e. The Morgan fingerprint density at radius 3 is 2.20 bits per heavy atom. The average Bonchev–Trinajstić information content (AvgIpc) is 1.83. The predicted molar refractivity (Wildman–Crippen MR) is 35.1 cm³/mol. The van der Waals surface area contributed by atoms with Gasteiger partial charge >= 0.3 is 0 Å². The summed E-state index contributed by atoms with van der Waals surface area (Å²) in [6.07, 6.45) is 2.78. The Kier molecular flexibility index (Phi) is 3.73. The van der Waals surface area contributed by atoms with Gasteiger partial charge in [0, 0.05) is 21.1 Å². The van der Waals surface area contributed by atoms with Crippen LogP contribution >= 0.6 is 0 Å². The van der Waals surface area contributed by atoms with E-state index >= 15 is 0 Å². The van der Waals surface area contributed by atoms with Gasteiger partial charge in [-0.2, -0.15) is 16.2 Å². The second kappa shape index (κ2) is 3.82. The van der Waals surface area contributed by atoms with Gasteiger partial charge in [0.25, 0.3) is 0 Å². The Bertz CT molecular complexity index is 203. The molecule has 0 amide bonds. The van der Waals surface area contributed by atoms with E-state index in [1.165, 1.54) is 5.56 Å². The van der Waals surface area contributed by atoms with Crippen molar-refractivity contribution in [1.29, 1.82) is 0 Å². The zero-order chi connectivity index (χ0) is 6.85. The van der Waals surface area contributed by atoms with Crippen molar-refractivity contribution < 1.29 is 21.1 Å². The summed E-state index contributed by atoms with van der Waals surface area (Å²) >= 11 is 0. The molecule has 1 aromatic rings. The number of hydrogen-bond donors (Lipinski definition) is 0. The molecule has 0 fully saturated rings. The molecule has 0 aliphatic rings. The van der Waals surface area contributed by atoms with Crippen LogP contribution in [0.1, 0.15) is 16.8 Å². The molecule has 1 aromatic heterocycles. The fourth-order valence-corrected chi connectivity index (χ4v) is 0.605. The van der Waals surface area contributed by atoms with Crippen molar-refractivity contribution in [3.8, 4) is 0 Å². The summed E-state index contributed by atoms with van der Waals surface area (Å²) in [7, 11) is 0. The van der Waals surface area contributed by atoms with Crippen molar-refractivity contribution >= 4 is 0 Å². The summed E-state index contributed by atoms with van der Waals surface area (Å²) in [5, 5.41) is 7.50. The minimum atomic E-state index is 0. The van der Waals surface area contributed by atoms with Gasteiger partial charge in [-0.15, -0.1) is 13.1 Å². The van der Waals surface area contributed by atoms with Crippen LogP contribution in [-0.4, -0.2) is 10.2 Å². The van der Waals surface area contributed by atoms with Crippen molar-refractivity contribution in [1.82, 2.24) is 10.2 Å². The van der Waals surface area contributed by atoms with Gasteiger partial charge in [0.05, 0.1) is 0 Å². The zero-order valence-electron chi connectivity index (χ0n) is 6.30. The second-order valence-corrected chi connectivity index (χ2v) is 2.15. The van der Waals surface area contributed by atoms with Crippen molar-refractivity contribution in [3.63, 3.8) is 0 Å². The molecule has 0 unspecified atom stereocenters. The van der Waals surface area contributed by atoms with E-state index < -0.39 is 0 Å². The minimum absolute atomic E-state index is 0. The zero-order valence-corrected chi connectivity index (χ0v) is 9.24. The summed E-state index contributed by atoms with van der Waals surface area (Å²) in [4.78, 5) is 0. The van der Waals surface area contributed by atoms with Gasteiger partial charge in [-0.25, -0.2) is 0 Å². The van der Waals surface area contributed by atoms with Crippen molar-refractivity contribution in [2.45, 2.75) is 20.8 Å². The van der Waals surface area contributed by atoms with Gasteiger partial charge in [-0.1, -0.05) is 6.92 Å². The first-order valence-electron chi connectivity index (χ1n) is 2.90. The van der Waals surface area contributed by atoms with Gasteiger partial charge in [0.15, 0.2) is 0 Å². The number of rotatable bonds is 0. The smallest absolute Gasteiger partial charge is 0 e. The number of hydrogen-bond acceptors (Lipinski definition) is 2. The van der Waals surface area contributed by atoms with E-state index in [1.54, 1.807) is 0 Å². The van der Waals surface area contributed by atoms with Gasteiger partial charge in [0.1, 0.15) is 0 Å². The van der Waals surface area contributed by atoms with Crippen LogP contribution in [-0.2, 0) is 21.1 Å². The van der Waals surface area contributed by atoms with Gasteiger partial charge in [-0.05, 0) is 12.6 Å². The third-order valence-electron chi connectivity index (χ3n) is 1.52. The molecular weight excluding hydrogens is 296 g/mol. The van der Waals surface area contributed by atoms with Crippen LogP contribution in [0, 0.1) is 27.0 Å². The first-order valence-corrected chi connectivity index (χ1v) is 2.90. The fraction of sp³-hybridized carbons (Fsp3) is 0.429. The van der Waals surface area contributed by atoms with E-state index in [0.717, 1.165) is 11.3 Å². The molecule has 0 saturated carbocycles. The molecule has 0 aliphatic heterocycles. The summed E-state index contributed by atoms with van der Waals surface area (Å²) in [6.45, 7) is 5.95. The first-order chi connectivity index (χ1) is 4.22. The van der Waals surface area contributed by atoms with E-state index in [0.29, 0.717) is 0 Å². The Morgan fingerprint density at radius 1 is 1.20 bits per heavy atom. The van der Waals surface area contributed by atoms with Crippen LogP contribution in [0.5, 0.6) is 0 Å². The van der Waals surface area contributed by atoms with Gasteiger partial charge in [0.2, 0.25) is 0 Å². The van der Waals surface area contributed by atoms with Gasteiger partial charge < -0.3 is 0 Å². The van der Waals surface area contributed by atoms with Gasteiger partial charge in [-0.3, -0.25) is 5.10 Å². The van der Waals surface area contributed by atoms with E-state index in [-0.39, 0.29) is 21.1 Å². The molecule has 0 spiro atoms. The molecule has 54 valence electrons. The Balaban J connectivity index is 0.000000810. The standard InChI is InChI=1S/C7H9N2.W/c1-5-4-8-9-7(3)6(5)2;/h1-3H3;/q-1;. The molecule has 0 bridgehead atoms. The molecule has 1 rings (SSSR count). The maximum absolute atomic E-state index is 3.83. The molecule has 0 atom stereocenters. The average molecular weight is 305 g/mol. The van der Waals surface area contributed by atoms with E-state index in [9.17, 15) is 0 Å². The molecule has 10 heavy (non-hydrogen) atoms. The SMILES string of the molecule is Cc1[c-]nnc(C)c1C.[W]. The van der Waals surface area contributed by atoms with Crippen LogP contribution in [0.25, 0.3) is 0 Å². The maximum atomic E-state index is 3.83. The molecular formula is C7H9N2W-. The third kappa shape index (κ3) is 1.88. The summed E-state index contributed by atoms with van der Waals surface area (Å²) in [5.41, 5.74) is 3.26. The van der Waals surface area contributed by atoms with E-state index in [4.69, 9.17) is 0 Å². The van der Waals surface area contributed by atoms with Crippen molar-refractivity contribution in [3.05, 3.63) is 23.0 Å². The molecule has 3 heteroatoms. The predicted octanol–water partition coefficient (Wildman–Crippen LogP) is 1.20. The monoisotopic (exact) mass is 305 g/mol. The molecule has 0 N–H and O–H groups in total. The molecule has 0 aromatic carbocycles. The van der Waals surface area contributed by atoms with E-state index in [1.807, 2.05) is 20.8 Å². The number of aromatic nitrogens is 2.